The van der Waals surface area contributed by atoms with Gasteiger partial charge in [0.05, 0.1) is 18.3 Å². The van der Waals surface area contributed by atoms with Gasteiger partial charge in [0.2, 0.25) is 0 Å². The van der Waals surface area contributed by atoms with Crippen LogP contribution in [0.1, 0.15) is 30.5 Å². The zero-order valence-corrected chi connectivity index (χ0v) is 16.2. The number of aryl methyl sites for hydroxylation is 3. The van der Waals surface area contributed by atoms with Gasteiger partial charge in [-0.25, -0.2) is 4.79 Å². The standard InChI is InChI=1S/C21H28N2O3/c1-14(2)26-19-9-7-6-8-18(19)23-21(24)22-10-11-25-20-16(4)12-15(3)13-17(20)5/h6-9,12-14H,10-11H2,1-5H3,(H2,22,23,24). The van der Waals surface area contributed by atoms with Gasteiger partial charge in [-0.15, -0.1) is 0 Å². The molecule has 26 heavy (non-hydrogen) atoms. The first-order chi connectivity index (χ1) is 12.4. The predicted molar refractivity (Wildman–Crippen MR) is 105 cm³/mol. The van der Waals surface area contributed by atoms with E-state index in [0.717, 1.165) is 16.9 Å². The summed E-state index contributed by atoms with van der Waals surface area (Å²) < 4.78 is 11.5. The van der Waals surface area contributed by atoms with Gasteiger partial charge in [0.1, 0.15) is 18.1 Å². The lowest BCUT2D eigenvalue weighted by molar-refractivity contribution is 0.240. The summed E-state index contributed by atoms with van der Waals surface area (Å²) in [4.78, 5) is 12.1. The van der Waals surface area contributed by atoms with E-state index in [1.54, 1.807) is 0 Å². The number of carbonyl (C=O) groups is 1. The van der Waals surface area contributed by atoms with E-state index in [9.17, 15) is 4.79 Å². The molecule has 0 aliphatic carbocycles. The highest BCUT2D eigenvalue weighted by Gasteiger charge is 2.09. The number of hydrogen-bond donors (Lipinski definition) is 2. The number of hydrogen-bond acceptors (Lipinski definition) is 3. The van der Waals surface area contributed by atoms with Crippen molar-refractivity contribution >= 4 is 11.7 Å². The summed E-state index contributed by atoms with van der Waals surface area (Å²) in [6.45, 7) is 10.8. The molecule has 2 rings (SSSR count). The van der Waals surface area contributed by atoms with Crippen LogP contribution in [0.25, 0.3) is 0 Å². The number of nitrogens with one attached hydrogen (secondary N) is 2. The molecule has 0 bridgehead atoms. The summed E-state index contributed by atoms with van der Waals surface area (Å²) in [5.74, 6) is 1.54. The molecule has 2 amide bonds. The van der Waals surface area contributed by atoms with Crippen molar-refractivity contribution in [1.29, 1.82) is 0 Å². The first kappa shape index (κ1) is 19.6. The Kier molecular flexibility index (Phi) is 6.89. The number of para-hydroxylation sites is 2. The summed E-state index contributed by atoms with van der Waals surface area (Å²) in [6.07, 6.45) is 0.0374. The minimum absolute atomic E-state index is 0.0374. The molecule has 0 heterocycles. The zero-order chi connectivity index (χ0) is 19.1. The molecule has 0 atom stereocenters. The number of amides is 2. The van der Waals surface area contributed by atoms with Crippen molar-refractivity contribution in [3.63, 3.8) is 0 Å². The SMILES string of the molecule is Cc1cc(C)c(OCCNC(=O)Nc2ccccc2OC(C)C)c(C)c1. The van der Waals surface area contributed by atoms with Crippen LogP contribution in [0.3, 0.4) is 0 Å². The summed E-state index contributed by atoms with van der Waals surface area (Å²) in [5, 5.41) is 5.62. The lowest BCUT2D eigenvalue weighted by Gasteiger charge is -2.16. The van der Waals surface area contributed by atoms with Crippen LogP contribution in [-0.4, -0.2) is 25.3 Å². The normalized spacial score (nSPS) is 10.5. The molecule has 0 saturated carbocycles. The van der Waals surface area contributed by atoms with Crippen molar-refractivity contribution in [3.05, 3.63) is 53.1 Å². The van der Waals surface area contributed by atoms with Crippen LogP contribution >= 0.6 is 0 Å². The number of rotatable bonds is 7. The Morgan fingerprint density at radius 1 is 1.08 bits per heavy atom. The Morgan fingerprint density at radius 3 is 2.38 bits per heavy atom. The lowest BCUT2D eigenvalue weighted by atomic mass is 10.1. The molecule has 2 aromatic rings. The topological polar surface area (TPSA) is 59.6 Å². The van der Waals surface area contributed by atoms with E-state index in [1.165, 1.54) is 5.56 Å². The summed E-state index contributed by atoms with van der Waals surface area (Å²) in [5.41, 5.74) is 4.07. The third kappa shape index (κ3) is 5.69. The number of urea groups is 1. The highest BCUT2D eigenvalue weighted by molar-refractivity contribution is 5.90. The molecule has 5 heteroatoms. The maximum atomic E-state index is 12.1. The van der Waals surface area contributed by atoms with Gasteiger partial charge in [-0.3, -0.25) is 0 Å². The molecule has 140 valence electrons. The second-order valence-corrected chi connectivity index (χ2v) is 6.62. The Labute approximate surface area is 155 Å². The molecule has 2 N–H and O–H groups in total. The van der Waals surface area contributed by atoms with E-state index in [2.05, 4.69) is 29.7 Å². The van der Waals surface area contributed by atoms with E-state index < -0.39 is 0 Å². The Hall–Kier alpha value is -2.69. The van der Waals surface area contributed by atoms with Gasteiger partial charge in [0.25, 0.3) is 0 Å². The molecule has 2 aromatic carbocycles. The van der Waals surface area contributed by atoms with Gasteiger partial charge in [0, 0.05) is 0 Å². The molecule has 0 fully saturated rings. The monoisotopic (exact) mass is 356 g/mol. The van der Waals surface area contributed by atoms with Crippen LogP contribution in [0.5, 0.6) is 11.5 Å². The minimum Gasteiger partial charge on any atom is -0.491 e. The average molecular weight is 356 g/mol. The van der Waals surface area contributed by atoms with Crippen LogP contribution in [0, 0.1) is 20.8 Å². The summed E-state index contributed by atoms with van der Waals surface area (Å²) >= 11 is 0. The van der Waals surface area contributed by atoms with Gasteiger partial charge < -0.3 is 20.1 Å². The molecule has 0 radical (unpaired) electrons. The molecule has 0 saturated heterocycles. The van der Waals surface area contributed by atoms with Gasteiger partial charge in [-0.2, -0.15) is 0 Å². The van der Waals surface area contributed by atoms with Crippen molar-refractivity contribution in [2.24, 2.45) is 0 Å². The molecular weight excluding hydrogens is 328 g/mol. The maximum Gasteiger partial charge on any atom is 0.319 e. The fourth-order valence-corrected chi connectivity index (χ4v) is 2.81. The van der Waals surface area contributed by atoms with Gasteiger partial charge in [-0.1, -0.05) is 29.8 Å². The summed E-state index contributed by atoms with van der Waals surface area (Å²) in [7, 11) is 0. The van der Waals surface area contributed by atoms with Crippen molar-refractivity contribution < 1.29 is 14.3 Å². The van der Waals surface area contributed by atoms with Crippen LogP contribution in [-0.2, 0) is 0 Å². The van der Waals surface area contributed by atoms with Crippen LogP contribution < -0.4 is 20.1 Å². The van der Waals surface area contributed by atoms with Crippen LogP contribution in [0.4, 0.5) is 10.5 Å². The highest BCUT2D eigenvalue weighted by Crippen LogP contribution is 2.25. The second kappa shape index (κ2) is 9.13. The van der Waals surface area contributed by atoms with Crippen LogP contribution in [0.15, 0.2) is 36.4 Å². The Morgan fingerprint density at radius 2 is 1.73 bits per heavy atom. The van der Waals surface area contributed by atoms with E-state index in [-0.39, 0.29) is 12.1 Å². The highest BCUT2D eigenvalue weighted by atomic mass is 16.5. The minimum atomic E-state index is -0.286. The number of anilines is 1. The van der Waals surface area contributed by atoms with E-state index in [1.807, 2.05) is 52.0 Å². The Balaban J connectivity index is 1.83. The first-order valence-electron chi connectivity index (χ1n) is 8.88. The van der Waals surface area contributed by atoms with E-state index in [4.69, 9.17) is 9.47 Å². The molecule has 5 nitrogen and oxygen atoms in total. The van der Waals surface area contributed by atoms with Gasteiger partial charge in [-0.05, 0) is 57.9 Å². The van der Waals surface area contributed by atoms with Crippen LogP contribution in [0.2, 0.25) is 0 Å². The number of ether oxygens (including phenoxy) is 2. The number of benzene rings is 2. The fraction of sp³-hybridized carbons (Fsp3) is 0.381. The fourth-order valence-electron chi connectivity index (χ4n) is 2.81. The summed E-state index contributed by atoms with van der Waals surface area (Å²) in [6, 6.07) is 11.3. The quantitative estimate of drug-likeness (QED) is 0.713. The van der Waals surface area contributed by atoms with Crippen molar-refractivity contribution in [3.8, 4) is 11.5 Å². The third-order valence-electron chi connectivity index (χ3n) is 3.74. The molecule has 0 aliphatic rings. The van der Waals surface area contributed by atoms with E-state index in [0.29, 0.717) is 24.6 Å². The molecule has 0 unspecified atom stereocenters. The maximum absolute atomic E-state index is 12.1. The van der Waals surface area contributed by atoms with Gasteiger partial charge in [0.15, 0.2) is 0 Å². The first-order valence-corrected chi connectivity index (χ1v) is 8.88. The smallest absolute Gasteiger partial charge is 0.319 e. The molecule has 0 spiro atoms. The third-order valence-corrected chi connectivity index (χ3v) is 3.74. The van der Waals surface area contributed by atoms with Crippen molar-refractivity contribution in [2.75, 3.05) is 18.5 Å². The predicted octanol–water partition coefficient (Wildman–Crippen LogP) is 4.60. The Bertz CT molecular complexity index is 734. The molecule has 0 aromatic heterocycles. The second-order valence-electron chi connectivity index (χ2n) is 6.62. The molecule has 0 aliphatic heterocycles. The number of carbonyl (C=O) groups excluding carboxylic acids is 1. The van der Waals surface area contributed by atoms with Gasteiger partial charge >= 0.3 is 6.03 Å². The van der Waals surface area contributed by atoms with E-state index >= 15 is 0 Å². The average Bonchev–Trinajstić information content (AvgIpc) is 2.54. The largest absolute Gasteiger partial charge is 0.491 e. The zero-order valence-electron chi connectivity index (χ0n) is 16.2. The lowest BCUT2D eigenvalue weighted by Crippen LogP contribution is -2.32. The van der Waals surface area contributed by atoms with Crippen molar-refractivity contribution in [2.45, 2.75) is 40.7 Å². The van der Waals surface area contributed by atoms with Crippen molar-refractivity contribution in [1.82, 2.24) is 5.32 Å². The molecular formula is C21H28N2O3.